The fourth-order valence-corrected chi connectivity index (χ4v) is 2.93. The number of nitrogens with one attached hydrogen (secondary N) is 2. The minimum Gasteiger partial charge on any atom is -0.337 e. The number of hydrogen-bond acceptors (Lipinski definition) is 2. The van der Waals surface area contributed by atoms with Crippen molar-refractivity contribution in [2.75, 3.05) is 6.54 Å². The highest BCUT2D eigenvalue weighted by atomic mass is 16.2. The number of carbonyl (C=O) groups excluding carboxylic acids is 1. The zero-order valence-electron chi connectivity index (χ0n) is 15.5. The molecule has 0 saturated heterocycles. The van der Waals surface area contributed by atoms with E-state index in [1.54, 1.807) is 0 Å². The SMILES string of the molecule is CCCCCCCCCCCCCCCCCCNC(=O)NN. The molecule has 0 unspecified atom stereocenters. The molecule has 0 rings (SSSR count). The Morgan fingerprint density at radius 3 is 1.35 bits per heavy atom. The van der Waals surface area contributed by atoms with Crippen molar-refractivity contribution < 1.29 is 4.79 Å². The monoisotopic (exact) mass is 327 g/mol. The van der Waals surface area contributed by atoms with Crippen LogP contribution in [0.25, 0.3) is 0 Å². The van der Waals surface area contributed by atoms with Crippen LogP contribution >= 0.6 is 0 Å². The van der Waals surface area contributed by atoms with Crippen LogP contribution in [0.1, 0.15) is 110 Å². The normalized spacial score (nSPS) is 10.7. The third kappa shape index (κ3) is 19.2. The van der Waals surface area contributed by atoms with Crippen molar-refractivity contribution in [3.05, 3.63) is 0 Å². The summed E-state index contributed by atoms with van der Waals surface area (Å²) >= 11 is 0. The lowest BCUT2D eigenvalue weighted by atomic mass is 10.0. The van der Waals surface area contributed by atoms with E-state index < -0.39 is 0 Å². The first kappa shape index (κ1) is 22.2. The van der Waals surface area contributed by atoms with Crippen molar-refractivity contribution in [3.8, 4) is 0 Å². The summed E-state index contributed by atoms with van der Waals surface area (Å²) in [4.78, 5) is 10.8. The number of nitrogens with two attached hydrogens (primary N) is 1. The van der Waals surface area contributed by atoms with Gasteiger partial charge >= 0.3 is 6.03 Å². The summed E-state index contributed by atoms with van der Waals surface area (Å²) in [5, 5.41) is 2.71. The third-order valence-corrected chi connectivity index (χ3v) is 4.45. The zero-order valence-corrected chi connectivity index (χ0v) is 15.5. The maximum atomic E-state index is 10.8. The third-order valence-electron chi connectivity index (χ3n) is 4.45. The quantitative estimate of drug-likeness (QED) is 0.144. The Hall–Kier alpha value is -0.770. The molecule has 0 aromatic heterocycles. The Morgan fingerprint density at radius 1 is 0.652 bits per heavy atom. The van der Waals surface area contributed by atoms with Crippen LogP contribution in [-0.2, 0) is 0 Å². The van der Waals surface area contributed by atoms with E-state index in [1.807, 2.05) is 0 Å². The molecular formula is C19H41N3O. The van der Waals surface area contributed by atoms with Gasteiger partial charge in [0.05, 0.1) is 0 Å². The topological polar surface area (TPSA) is 67.2 Å². The van der Waals surface area contributed by atoms with E-state index in [9.17, 15) is 4.79 Å². The van der Waals surface area contributed by atoms with Gasteiger partial charge < -0.3 is 5.32 Å². The standard InChI is InChI=1S/C19H41N3O/c1-2-3-4-5-6-7-8-9-10-11-12-13-14-15-16-17-18-21-19(23)22-20/h2-18,20H2,1H3,(H2,21,22,23). The molecule has 0 atom stereocenters. The van der Waals surface area contributed by atoms with E-state index in [1.165, 1.54) is 96.3 Å². The number of amides is 2. The van der Waals surface area contributed by atoms with Crippen molar-refractivity contribution in [3.63, 3.8) is 0 Å². The first-order valence-corrected chi connectivity index (χ1v) is 10.1. The largest absolute Gasteiger partial charge is 0.337 e. The van der Waals surface area contributed by atoms with Crippen molar-refractivity contribution in [2.24, 2.45) is 5.84 Å². The molecule has 4 nitrogen and oxygen atoms in total. The van der Waals surface area contributed by atoms with Gasteiger partial charge in [-0.1, -0.05) is 103 Å². The summed E-state index contributed by atoms with van der Waals surface area (Å²) < 4.78 is 0. The molecule has 23 heavy (non-hydrogen) atoms. The van der Waals surface area contributed by atoms with E-state index in [0.717, 1.165) is 13.0 Å². The fourth-order valence-electron chi connectivity index (χ4n) is 2.93. The number of rotatable bonds is 17. The Labute approximate surface area is 144 Å². The molecular weight excluding hydrogens is 286 g/mol. The lowest BCUT2D eigenvalue weighted by molar-refractivity contribution is 0.241. The lowest BCUT2D eigenvalue weighted by Gasteiger charge is -2.04. The first-order valence-electron chi connectivity index (χ1n) is 10.1. The van der Waals surface area contributed by atoms with Gasteiger partial charge in [-0.15, -0.1) is 0 Å². The second-order valence-electron chi connectivity index (χ2n) is 6.70. The Bertz CT molecular complexity index is 247. The molecule has 4 heteroatoms. The predicted octanol–water partition coefficient (Wildman–Crippen LogP) is 5.42. The van der Waals surface area contributed by atoms with Crippen molar-refractivity contribution >= 4 is 6.03 Å². The molecule has 0 radical (unpaired) electrons. The van der Waals surface area contributed by atoms with Crippen molar-refractivity contribution in [1.29, 1.82) is 0 Å². The zero-order chi connectivity index (χ0) is 17.0. The summed E-state index contributed by atoms with van der Waals surface area (Å²) in [6, 6.07) is -0.286. The molecule has 0 saturated carbocycles. The van der Waals surface area contributed by atoms with Gasteiger partial charge in [-0.25, -0.2) is 10.6 Å². The molecule has 0 heterocycles. The van der Waals surface area contributed by atoms with Gasteiger partial charge in [0.2, 0.25) is 0 Å². The van der Waals surface area contributed by atoms with E-state index in [-0.39, 0.29) is 6.03 Å². The van der Waals surface area contributed by atoms with Crippen LogP contribution in [0, 0.1) is 0 Å². The van der Waals surface area contributed by atoms with E-state index >= 15 is 0 Å². The van der Waals surface area contributed by atoms with Crippen molar-refractivity contribution in [1.82, 2.24) is 10.7 Å². The molecule has 0 fully saturated rings. The number of carbonyl (C=O) groups is 1. The van der Waals surface area contributed by atoms with E-state index in [4.69, 9.17) is 5.84 Å². The fraction of sp³-hybridized carbons (Fsp3) is 0.947. The summed E-state index contributed by atoms with van der Waals surface area (Å²) in [5.41, 5.74) is 2.07. The van der Waals surface area contributed by atoms with Crippen LogP contribution in [0.15, 0.2) is 0 Å². The average molecular weight is 328 g/mol. The van der Waals surface area contributed by atoms with Gasteiger partial charge in [-0.2, -0.15) is 0 Å². The van der Waals surface area contributed by atoms with Crippen LogP contribution < -0.4 is 16.6 Å². The molecule has 0 aliphatic heterocycles. The molecule has 0 aromatic rings. The van der Waals surface area contributed by atoms with Gasteiger partial charge in [0.25, 0.3) is 0 Å². The van der Waals surface area contributed by atoms with Gasteiger partial charge in [0.1, 0.15) is 0 Å². The van der Waals surface area contributed by atoms with Gasteiger partial charge in [-0.3, -0.25) is 5.43 Å². The second-order valence-corrected chi connectivity index (χ2v) is 6.70. The highest BCUT2D eigenvalue weighted by molar-refractivity contribution is 5.72. The molecule has 0 spiro atoms. The van der Waals surface area contributed by atoms with Crippen LogP contribution in [0.2, 0.25) is 0 Å². The molecule has 0 aromatic carbocycles. The molecule has 2 amide bonds. The van der Waals surface area contributed by atoms with Crippen LogP contribution in [0.5, 0.6) is 0 Å². The number of hydrazine groups is 1. The smallest absolute Gasteiger partial charge is 0.328 e. The molecule has 4 N–H and O–H groups in total. The summed E-state index contributed by atoms with van der Waals surface area (Å²) in [7, 11) is 0. The van der Waals surface area contributed by atoms with Gasteiger partial charge in [0.15, 0.2) is 0 Å². The Kier molecular flexibility index (Phi) is 18.6. The second kappa shape index (κ2) is 19.3. The first-order chi connectivity index (χ1) is 11.3. The summed E-state index contributed by atoms with van der Waals surface area (Å²) in [6.45, 7) is 3.00. The highest BCUT2D eigenvalue weighted by Crippen LogP contribution is 2.13. The van der Waals surface area contributed by atoms with Crippen LogP contribution in [-0.4, -0.2) is 12.6 Å². The van der Waals surface area contributed by atoms with E-state index in [2.05, 4.69) is 17.7 Å². The van der Waals surface area contributed by atoms with Crippen LogP contribution in [0.4, 0.5) is 4.79 Å². The molecule has 138 valence electrons. The molecule has 0 aliphatic carbocycles. The lowest BCUT2D eigenvalue weighted by Crippen LogP contribution is -2.40. The highest BCUT2D eigenvalue weighted by Gasteiger charge is 1.96. The summed E-state index contributed by atoms with van der Waals surface area (Å²) in [5.74, 6) is 4.98. The minimum atomic E-state index is -0.286. The minimum absolute atomic E-state index is 0.286. The number of urea groups is 1. The van der Waals surface area contributed by atoms with Gasteiger partial charge in [0, 0.05) is 6.54 Å². The number of hydrogen-bond donors (Lipinski definition) is 3. The summed E-state index contributed by atoms with van der Waals surface area (Å²) in [6.07, 6.45) is 21.9. The average Bonchev–Trinajstić information content (AvgIpc) is 2.57. The van der Waals surface area contributed by atoms with Crippen LogP contribution in [0.3, 0.4) is 0 Å². The Morgan fingerprint density at radius 2 is 1.00 bits per heavy atom. The maximum absolute atomic E-state index is 10.8. The van der Waals surface area contributed by atoms with Gasteiger partial charge in [-0.05, 0) is 6.42 Å². The molecule has 0 bridgehead atoms. The maximum Gasteiger partial charge on any atom is 0.328 e. The molecule has 0 aliphatic rings. The van der Waals surface area contributed by atoms with Crippen molar-refractivity contribution in [2.45, 2.75) is 110 Å². The predicted molar refractivity (Wildman–Crippen MR) is 100 cm³/mol. The van der Waals surface area contributed by atoms with E-state index in [0.29, 0.717) is 0 Å². The Balaban J connectivity index is 2.99. The number of unbranched alkanes of at least 4 members (excludes halogenated alkanes) is 15.